The summed E-state index contributed by atoms with van der Waals surface area (Å²) in [6.07, 6.45) is 5.34. The molecule has 0 unspecified atom stereocenters. The Morgan fingerprint density at radius 1 is 1.24 bits per heavy atom. The van der Waals surface area contributed by atoms with Crippen LogP contribution >= 0.6 is 0 Å². The highest BCUT2D eigenvalue weighted by molar-refractivity contribution is 5.96. The largest absolute Gasteiger partial charge is 0.497 e. The number of carbonyl (C=O) groups is 1. The van der Waals surface area contributed by atoms with Crippen LogP contribution in [0.15, 0.2) is 61.7 Å². The number of benzene rings is 1. The standard InChI is InChI=1S/C17H22O2.C2H4/c1-5-14(6-2)11-13(3)12-17(18)15-7-9-16(19-4)10-8-15;1-2/h5-10,13H,1,11-12H2,2-4H3;1-2H2/b14-6+;/t13-;/m1./s1. The maximum atomic E-state index is 12.1. The molecule has 2 heteroatoms. The second-order valence-electron chi connectivity index (χ2n) is 4.73. The van der Waals surface area contributed by atoms with E-state index in [2.05, 4.69) is 26.7 Å². The Morgan fingerprint density at radius 3 is 2.24 bits per heavy atom. The maximum Gasteiger partial charge on any atom is 0.163 e. The van der Waals surface area contributed by atoms with Crippen LogP contribution in [0.3, 0.4) is 0 Å². The van der Waals surface area contributed by atoms with E-state index in [1.807, 2.05) is 43.3 Å². The third kappa shape index (κ3) is 6.75. The predicted octanol–water partition coefficient (Wildman–Crippen LogP) is 5.23. The minimum Gasteiger partial charge on any atom is -0.497 e. The molecule has 0 fully saturated rings. The summed E-state index contributed by atoms with van der Waals surface area (Å²) in [6.45, 7) is 13.9. The molecule has 0 saturated heterocycles. The summed E-state index contributed by atoms with van der Waals surface area (Å²) < 4.78 is 5.08. The van der Waals surface area contributed by atoms with Gasteiger partial charge in [0, 0.05) is 12.0 Å². The molecule has 0 aliphatic rings. The molecule has 0 N–H and O–H groups in total. The van der Waals surface area contributed by atoms with Gasteiger partial charge in [0.1, 0.15) is 5.75 Å². The third-order valence-electron chi connectivity index (χ3n) is 3.16. The number of methoxy groups -OCH3 is 1. The molecule has 0 amide bonds. The zero-order chi connectivity index (χ0) is 16.3. The van der Waals surface area contributed by atoms with Crippen molar-refractivity contribution in [2.75, 3.05) is 7.11 Å². The van der Waals surface area contributed by atoms with Crippen molar-refractivity contribution in [2.24, 2.45) is 5.92 Å². The zero-order valence-corrected chi connectivity index (χ0v) is 13.4. The van der Waals surface area contributed by atoms with Crippen LogP contribution in [0.4, 0.5) is 0 Å². The number of Topliss-reactive ketones (excluding diaryl/α,β-unsaturated/α-hetero) is 1. The molecule has 114 valence electrons. The second-order valence-corrected chi connectivity index (χ2v) is 4.73. The number of hydrogen-bond acceptors (Lipinski definition) is 2. The smallest absolute Gasteiger partial charge is 0.163 e. The third-order valence-corrected chi connectivity index (χ3v) is 3.16. The Kier molecular flexibility index (Phi) is 9.61. The van der Waals surface area contributed by atoms with Gasteiger partial charge in [-0.3, -0.25) is 4.79 Å². The van der Waals surface area contributed by atoms with Gasteiger partial charge in [-0.2, -0.15) is 0 Å². The molecular formula is C19H26O2. The van der Waals surface area contributed by atoms with Gasteiger partial charge in [0.2, 0.25) is 0 Å². The van der Waals surface area contributed by atoms with Gasteiger partial charge in [0.05, 0.1) is 7.11 Å². The molecule has 0 aromatic heterocycles. The quantitative estimate of drug-likeness (QED) is 0.390. The number of ether oxygens (including phenoxy) is 1. The van der Waals surface area contributed by atoms with Crippen molar-refractivity contribution in [3.63, 3.8) is 0 Å². The molecule has 0 bridgehead atoms. The lowest BCUT2D eigenvalue weighted by molar-refractivity contribution is 0.0964. The van der Waals surface area contributed by atoms with E-state index >= 15 is 0 Å². The summed E-state index contributed by atoms with van der Waals surface area (Å²) in [4.78, 5) is 12.1. The first kappa shape index (κ1) is 18.9. The molecule has 21 heavy (non-hydrogen) atoms. The molecule has 1 rings (SSSR count). The monoisotopic (exact) mass is 286 g/mol. The first-order valence-electron chi connectivity index (χ1n) is 7.05. The van der Waals surface area contributed by atoms with Gasteiger partial charge in [0.15, 0.2) is 5.78 Å². The molecule has 0 spiro atoms. The highest BCUT2D eigenvalue weighted by Crippen LogP contribution is 2.19. The molecule has 0 saturated carbocycles. The van der Waals surface area contributed by atoms with E-state index in [1.54, 1.807) is 7.11 Å². The summed E-state index contributed by atoms with van der Waals surface area (Å²) >= 11 is 0. The van der Waals surface area contributed by atoms with Crippen LogP contribution in [-0.2, 0) is 0 Å². The summed E-state index contributed by atoms with van der Waals surface area (Å²) in [5, 5.41) is 0. The van der Waals surface area contributed by atoms with Crippen LogP contribution in [-0.4, -0.2) is 12.9 Å². The van der Waals surface area contributed by atoms with Crippen molar-refractivity contribution in [3.8, 4) is 5.75 Å². The Balaban J connectivity index is 0.00000191. The molecule has 0 aliphatic carbocycles. The first-order valence-corrected chi connectivity index (χ1v) is 7.05. The maximum absolute atomic E-state index is 12.1. The fourth-order valence-corrected chi connectivity index (χ4v) is 2.00. The number of rotatable bonds is 7. The topological polar surface area (TPSA) is 26.3 Å². The van der Waals surface area contributed by atoms with E-state index < -0.39 is 0 Å². The lowest BCUT2D eigenvalue weighted by atomic mass is 9.93. The van der Waals surface area contributed by atoms with Gasteiger partial charge in [-0.15, -0.1) is 13.2 Å². The molecule has 0 aliphatic heterocycles. The molecule has 1 aromatic rings. The zero-order valence-electron chi connectivity index (χ0n) is 13.4. The predicted molar refractivity (Wildman–Crippen MR) is 90.9 cm³/mol. The van der Waals surface area contributed by atoms with Crippen molar-refractivity contribution in [1.29, 1.82) is 0 Å². The van der Waals surface area contributed by atoms with Crippen molar-refractivity contribution in [2.45, 2.75) is 26.7 Å². The van der Waals surface area contributed by atoms with E-state index in [0.29, 0.717) is 12.3 Å². The molecule has 2 nitrogen and oxygen atoms in total. The van der Waals surface area contributed by atoms with E-state index in [-0.39, 0.29) is 5.78 Å². The Labute approximate surface area is 128 Å². The number of hydrogen-bond donors (Lipinski definition) is 0. The molecule has 1 atom stereocenters. The van der Waals surface area contributed by atoms with E-state index in [4.69, 9.17) is 4.74 Å². The molecule has 1 aromatic carbocycles. The molecule has 0 heterocycles. The van der Waals surface area contributed by atoms with Crippen LogP contribution in [0, 0.1) is 5.92 Å². The van der Waals surface area contributed by atoms with Crippen molar-refractivity contribution >= 4 is 5.78 Å². The summed E-state index contributed by atoms with van der Waals surface area (Å²) in [7, 11) is 1.62. The fourth-order valence-electron chi connectivity index (χ4n) is 2.00. The highest BCUT2D eigenvalue weighted by atomic mass is 16.5. The Hall–Kier alpha value is -2.09. The Bertz CT molecular complexity index is 469. The van der Waals surface area contributed by atoms with Crippen molar-refractivity contribution < 1.29 is 9.53 Å². The first-order chi connectivity index (χ1) is 10.1. The van der Waals surface area contributed by atoms with Gasteiger partial charge < -0.3 is 4.74 Å². The van der Waals surface area contributed by atoms with Crippen LogP contribution in [0.1, 0.15) is 37.0 Å². The van der Waals surface area contributed by atoms with Crippen LogP contribution in [0.2, 0.25) is 0 Å². The fraction of sp³-hybridized carbons (Fsp3) is 0.316. The normalized spacial score (nSPS) is 11.9. The summed E-state index contributed by atoms with van der Waals surface area (Å²) in [6, 6.07) is 7.27. The van der Waals surface area contributed by atoms with Gasteiger partial charge >= 0.3 is 0 Å². The van der Waals surface area contributed by atoms with Gasteiger partial charge in [-0.05, 0) is 43.5 Å². The molecular weight excluding hydrogens is 260 g/mol. The average molecular weight is 286 g/mol. The van der Waals surface area contributed by atoms with Gasteiger partial charge in [-0.25, -0.2) is 0 Å². The van der Waals surface area contributed by atoms with Crippen molar-refractivity contribution in [1.82, 2.24) is 0 Å². The van der Waals surface area contributed by atoms with E-state index in [9.17, 15) is 4.79 Å². The highest BCUT2D eigenvalue weighted by Gasteiger charge is 2.12. The lowest BCUT2D eigenvalue weighted by Gasteiger charge is -2.11. The summed E-state index contributed by atoms with van der Waals surface area (Å²) in [5.41, 5.74) is 1.93. The van der Waals surface area contributed by atoms with Crippen LogP contribution in [0.25, 0.3) is 0 Å². The molecule has 0 radical (unpaired) electrons. The number of ketones is 1. The van der Waals surface area contributed by atoms with Gasteiger partial charge in [-0.1, -0.05) is 31.2 Å². The van der Waals surface area contributed by atoms with Crippen molar-refractivity contribution in [3.05, 3.63) is 67.3 Å². The minimum absolute atomic E-state index is 0.176. The number of carbonyl (C=O) groups excluding carboxylic acids is 1. The summed E-state index contributed by atoms with van der Waals surface area (Å²) in [5.74, 6) is 1.26. The second kappa shape index (κ2) is 10.7. The SMILES string of the molecule is C=C.C=C/C(=C\C)C[C@@H](C)CC(=O)c1ccc(OC)cc1. The van der Waals surface area contributed by atoms with E-state index in [1.165, 1.54) is 5.57 Å². The van der Waals surface area contributed by atoms with E-state index in [0.717, 1.165) is 17.7 Å². The average Bonchev–Trinajstić information content (AvgIpc) is 2.54. The lowest BCUT2D eigenvalue weighted by Crippen LogP contribution is -2.06. The number of allylic oxidation sites excluding steroid dienone is 3. The van der Waals surface area contributed by atoms with Crippen LogP contribution < -0.4 is 4.74 Å². The Morgan fingerprint density at radius 2 is 1.81 bits per heavy atom. The van der Waals surface area contributed by atoms with Gasteiger partial charge in [0.25, 0.3) is 0 Å². The minimum atomic E-state index is 0.176. The van der Waals surface area contributed by atoms with Crippen LogP contribution in [0.5, 0.6) is 5.75 Å².